The van der Waals surface area contributed by atoms with Crippen LogP contribution in [0.5, 0.6) is 0 Å². The third kappa shape index (κ3) is 4.56. The predicted molar refractivity (Wildman–Crippen MR) is 90.5 cm³/mol. The molecule has 20 heavy (non-hydrogen) atoms. The average molecular weight is 334 g/mol. The molecule has 1 atom stereocenters. The molecule has 1 aromatic rings. The van der Waals surface area contributed by atoms with Crippen LogP contribution < -0.4 is 10.2 Å². The largest absolute Gasteiger partial charge is 0.353 e. The van der Waals surface area contributed by atoms with Gasteiger partial charge in [-0.3, -0.25) is 0 Å². The number of nitrogens with one attached hydrogen (secondary N) is 1. The molecule has 1 aliphatic rings. The Kier molecular flexibility index (Phi) is 6.51. The van der Waals surface area contributed by atoms with E-state index in [4.69, 9.17) is 11.6 Å². The monoisotopic (exact) mass is 333 g/mol. The van der Waals surface area contributed by atoms with E-state index in [-0.39, 0.29) is 5.28 Å². The molecule has 1 aromatic heterocycles. The second-order valence-corrected chi connectivity index (χ2v) is 7.25. The first kappa shape index (κ1) is 16.0. The van der Waals surface area contributed by atoms with E-state index >= 15 is 0 Å². The lowest BCUT2D eigenvalue weighted by Gasteiger charge is -2.22. The van der Waals surface area contributed by atoms with Gasteiger partial charge in [-0.2, -0.15) is 38.5 Å². The van der Waals surface area contributed by atoms with E-state index in [0.717, 1.165) is 19.6 Å². The molecule has 0 aromatic carbocycles. The topological polar surface area (TPSA) is 53.9 Å². The molecule has 8 heteroatoms. The van der Waals surface area contributed by atoms with Crippen LogP contribution in [-0.4, -0.2) is 57.1 Å². The quantitative estimate of drug-likeness (QED) is 0.858. The van der Waals surface area contributed by atoms with Crippen molar-refractivity contribution in [2.24, 2.45) is 0 Å². The van der Waals surface area contributed by atoms with E-state index in [1.807, 2.05) is 23.5 Å². The molecule has 1 saturated heterocycles. The van der Waals surface area contributed by atoms with E-state index in [9.17, 15) is 0 Å². The summed E-state index contributed by atoms with van der Waals surface area (Å²) in [4.78, 5) is 14.9. The Morgan fingerprint density at radius 2 is 2.05 bits per heavy atom. The van der Waals surface area contributed by atoms with E-state index in [0.29, 0.717) is 17.1 Å². The number of halogens is 1. The van der Waals surface area contributed by atoms with Gasteiger partial charge in [-0.25, -0.2) is 0 Å². The number of rotatable bonds is 6. The normalized spacial score (nSPS) is 18.9. The summed E-state index contributed by atoms with van der Waals surface area (Å²) >= 11 is 10.0. The Labute approximate surface area is 133 Å². The van der Waals surface area contributed by atoms with Gasteiger partial charge in [0.1, 0.15) is 0 Å². The number of hydrogen-bond acceptors (Lipinski definition) is 7. The van der Waals surface area contributed by atoms with Gasteiger partial charge in [-0.15, -0.1) is 0 Å². The van der Waals surface area contributed by atoms with Crippen LogP contribution in [0.25, 0.3) is 0 Å². The van der Waals surface area contributed by atoms with Crippen molar-refractivity contribution in [2.75, 3.05) is 47.1 Å². The summed E-state index contributed by atoms with van der Waals surface area (Å²) in [5, 5.41) is 4.15. The fraction of sp³-hybridized carbons (Fsp3) is 0.750. The minimum atomic E-state index is 0.245. The molecule has 1 N–H and O–H groups in total. The first-order valence-corrected chi connectivity index (χ1v) is 9.40. The second kappa shape index (κ2) is 8.14. The number of hydrogen-bond donors (Lipinski definition) is 1. The van der Waals surface area contributed by atoms with Gasteiger partial charge in [0.15, 0.2) is 0 Å². The molecule has 0 saturated carbocycles. The molecule has 0 spiro atoms. The molecular weight excluding hydrogens is 314 g/mol. The van der Waals surface area contributed by atoms with E-state index in [1.165, 1.54) is 17.3 Å². The van der Waals surface area contributed by atoms with Crippen molar-refractivity contribution < 1.29 is 0 Å². The maximum absolute atomic E-state index is 5.99. The van der Waals surface area contributed by atoms with Crippen molar-refractivity contribution in [1.82, 2.24) is 15.0 Å². The summed E-state index contributed by atoms with van der Waals surface area (Å²) in [5.74, 6) is 4.87. The molecule has 2 rings (SSSR count). The standard InChI is InChI=1S/C12H20ClN5S2/c1-3-18(4-2)12-16-10(13)15-11(17-12)14-7-9-8-19-5-6-20-9/h9H,3-8H2,1-2H3,(H,14,15,16,17). The van der Waals surface area contributed by atoms with Crippen molar-refractivity contribution in [3.63, 3.8) is 0 Å². The lowest BCUT2D eigenvalue weighted by Crippen LogP contribution is -2.26. The first-order chi connectivity index (χ1) is 9.72. The van der Waals surface area contributed by atoms with E-state index in [2.05, 4.69) is 39.0 Å². The zero-order valence-corrected chi connectivity index (χ0v) is 14.2. The number of thioether (sulfide) groups is 2. The van der Waals surface area contributed by atoms with Crippen LogP contribution in [0.1, 0.15) is 13.8 Å². The van der Waals surface area contributed by atoms with E-state index in [1.54, 1.807) is 0 Å². The Hall–Kier alpha value is -0.400. The number of aromatic nitrogens is 3. The van der Waals surface area contributed by atoms with Crippen LogP contribution in [0.3, 0.4) is 0 Å². The van der Waals surface area contributed by atoms with Gasteiger partial charge in [0.25, 0.3) is 0 Å². The Morgan fingerprint density at radius 1 is 1.25 bits per heavy atom. The molecule has 2 heterocycles. The minimum Gasteiger partial charge on any atom is -0.353 e. The van der Waals surface area contributed by atoms with Crippen LogP contribution in [-0.2, 0) is 0 Å². The smallest absolute Gasteiger partial charge is 0.231 e. The summed E-state index contributed by atoms with van der Waals surface area (Å²) in [7, 11) is 0. The summed E-state index contributed by atoms with van der Waals surface area (Å²) in [5.41, 5.74) is 0. The van der Waals surface area contributed by atoms with Crippen molar-refractivity contribution in [1.29, 1.82) is 0 Å². The SMILES string of the molecule is CCN(CC)c1nc(Cl)nc(NCC2CSCCS2)n1. The fourth-order valence-corrected chi connectivity index (χ4v) is 4.69. The number of anilines is 2. The number of nitrogens with zero attached hydrogens (tertiary/aromatic N) is 4. The highest BCUT2D eigenvalue weighted by molar-refractivity contribution is 8.06. The molecular formula is C12H20ClN5S2. The third-order valence-electron chi connectivity index (χ3n) is 3.02. The summed E-state index contributed by atoms with van der Waals surface area (Å²) in [6, 6.07) is 0. The van der Waals surface area contributed by atoms with Gasteiger partial charge < -0.3 is 10.2 Å². The maximum Gasteiger partial charge on any atom is 0.231 e. The van der Waals surface area contributed by atoms with Gasteiger partial charge >= 0.3 is 0 Å². The fourth-order valence-electron chi connectivity index (χ4n) is 1.93. The highest BCUT2D eigenvalue weighted by Gasteiger charge is 2.15. The molecule has 0 radical (unpaired) electrons. The van der Waals surface area contributed by atoms with Crippen molar-refractivity contribution in [3.05, 3.63) is 5.28 Å². The molecule has 5 nitrogen and oxygen atoms in total. The Balaban J connectivity index is 1.99. The van der Waals surface area contributed by atoms with Gasteiger partial charge in [-0.1, -0.05) is 0 Å². The third-order valence-corrected chi connectivity index (χ3v) is 6.03. The van der Waals surface area contributed by atoms with Crippen LogP contribution in [0, 0.1) is 0 Å². The molecule has 1 fully saturated rings. The molecule has 112 valence electrons. The average Bonchev–Trinajstić information content (AvgIpc) is 2.47. The van der Waals surface area contributed by atoms with Crippen LogP contribution >= 0.6 is 35.1 Å². The zero-order chi connectivity index (χ0) is 14.4. The maximum atomic E-state index is 5.99. The predicted octanol–water partition coefficient (Wildman–Crippen LogP) is 2.63. The van der Waals surface area contributed by atoms with Crippen LogP contribution in [0.15, 0.2) is 0 Å². The molecule has 1 unspecified atom stereocenters. The van der Waals surface area contributed by atoms with Crippen molar-refractivity contribution in [3.8, 4) is 0 Å². The second-order valence-electron chi connectivity index (χ2n) is 4.35. The molecule has 0 amide bonds. The molecule has 0 bridgehead atoms. The summed E-state index contributed by atoms with van der Waals surface area (Å²) < 4.78 is 0. The van der Waals surface area contributed by atoms with E-state index < -0.39 is 0 Å². The van der Waals surface area contributed by atoms with Crippen LogP contribution in [0.2, 0.25) is 5.28 Å². The zero-order valence-electron chi connectivity index (χ0n) is 11.8. The minimum absolute atomic E-state index is 0.245. The Morgan fingerprint density at radius 3 is 2.70 bits per heavy atom. The highest BCUT2D eigenvalue weighted by atomic mass is 35.5. The van der Waals surface area contributed by atoms with Gasteiger partial charge in [0.05, 0.1) is 0 Å². The summed E-state index contributed by atoms with van der Waals surface area (Å²) in [6.07, 6.45) is 0. The van der Waals surface area contributed by atoms with Gasteiger partial charge in [-0.05, 0) is 25.4 Å². The van der Waals surface area contributed by atoms with Gasteiger partial charge in [0, 0.05) is 42.1 Å². The van der Waals surface area contributed by atoms with Crippen LogP contribution in [0.4, 0.5) is 11.9 Å². The lowest BCUT2D eigenvalue weighted by atomic mass is 10.5. The highest BCUT2D eigenvalue weighted by Crippen LogP contribution is 2.24. The van der Waals surface area contributed by atoms with Crippen molar-refractivity contribution >= 4 is 47.0 Å². The molecule has 1 aliphatic heterocycles. The lowest BCUT2D eigenvalue weighted by molar-refractivity contribution is 0.810. The Bertz CT molecular complexity index is 424. The van der Waals surface area contributed by atoms with Crippen molar-refractivity contribution in [2.45, 2.75) is 19.1 Å². The summed E-state index contributed by atoms with van der Waals surface area (Å²) in [6.45, 7) is 6.72. The molecule has 0 aliphatic carbocycles. The van der Waals surface area contributed by atoms with Gasteiger partial charge in [0.2, 0.25) is 17.2 Å². The first-order valence-electron chi connectivity index (χ1n) is 6.82.